The highest BCUT2D eigenvalue weighted by Gasteiger charge is 2.71. The van der Waals surface area contributed by atoms with Crippen molar-refractivity contribution in [2.45, 2.75) is 32.4 Å². The summed E-state index contributed by atoms with van der Waals surface area (Å²) in [6.07, 6.45) is 0. The Morgan fingerprint density at radius 1 is 1.07 bits per heavy atom. The Hall–Kier alpha value is -2.51. The molecule has 3 aliphatic rings. The first-order chi connectivity index (χ1) is 14.3. The number of benzene rings is 2. The molecule has 2 N–H and O–H groups in total. The Morgan fingerprint density at radius 2 is 1.80 bits per heavy atom. The zero-order chi connectivity index (χ0) is 21.4. The molecule has 0 bridgehead atoms. The van der Waals surface area contributed by atoms with E-state index in [9.17, 15) is 14.4 Å². The summed E-state index contributed by atoms with van der Waals surface area (Å²) in [6, 6.07) is 12.6. The summed E-state index contributed by atoms with van der Waals surface area (Å²) in [5.41, 5.74) is 1.73. The van der Waals surface area contributed by atoms with Crippen LogP contribution in [0.5, 0.6) is 0 Å². The molecule has 0 aromatic heterocycles. The van der Waals surface area contributed by atoms with Crippen LogP contribution in [0.1, 0.15) is 25.0 Å². The molecule has 0 saturated carbocycles. The van der Waals surface area contributed by atoms with Crippen molar-refractivity contribution in [3.05, 3.63) is 58.1 Å². The molecule has 2 aromatic carbocycles. The Bertz CT molecular complexity index is 1110. The van der Waals surface area contributed by atoms with Crippen LogP contribution in [0, 0.1) is 24.7 Å². The van der Waals surface area contributed by atoms with Gasteiger partial charge in [-0.2, -0.15) is 0 Å². The van der Waals surface area contributed by atoms with Gasteiger partial charge in [0, 0.05) is 21.8 Å². The summed E-state index contributed by atoms with van der Waals surface area (Å²) in [6.45, 7) is 5.97. The van der Waals surface area contributed by atoms with Gasteiger partial charge in [0.25, 0.3) is 0 Å². The molecular weight excluding hydrogens is 446 g/mol. The van der Waals surface area contributed by atoms with E-state index in [0.717, 1.165) is 11.1 Å². The van der Waals surface area contributed by atoms with E-state index in [1.165, 1.54) is 4.90 Å². The number of amides is 3. The molecule has 30 heavy (non-hydrogen) atoms. The maximum atomic E-state index is 13.8. The number of hydrogen-bond donors (Lipinski definition) is 2. The number of aryl methyl sites for hydroxylation is 1. The second kappa shape index (κ2) is 6.49. The number of halogens is 1. The predicted molar refractivity (Wildman–Crippen MR) is 117 cm³/mol. The lowest BCUT2D eigenvalue weighted by molar-refractivity contribution is -0.130. The van der Waals surface area contributed by atoms with Crippen molar-refractivity contribution in [1.82, 2.24) is 5.32 Å². The smallest absolute Gasteiger partial charge is 0.250 e. The first kappa shape index (κ1) is 19.5. The third-order valence-corrected chi connectivity index (χ3v) is 7.25. The molecule has 3 heterocycles. The van der Waals surface area contributed by atoms with E-state index in [2.05, 4.69) is 26.6 Å². The molecule has 0 unspecified atom stereocenters. The molecule has 0 aliphatic carbocycles. The van der Waals surface area contributed by atoms with Gasteiger partial charge in [0.1, 0.15) is 5.54 Å². The first-order valence-corrected chi connectivity index (χ1v) is 10.9. The summed E-state index contributed by atoms with van der Waals surface area (Å²) < 4.78 is 0.684. The molecule has 6 nitrogen and oxygen atoms in total. The fraction of sp³-hybridized carbons (Fsp3) is 0.348. The lowest BCUT2D eigenvalue weighted by Gasteiger charge is -2.30. The number of imide groups is 1. The van der Waals surface area contributed by atoms with Crippen LogP contribution in [0.15, 0.2) is 46.9 Å². The number of fused-ring (bicyclic) bond motifs is 4. The largest absolute Gasteiger partial charge is 0.324 e. The van der Waals surface area contributed by atoms with Gasteiger partial charge in [-0.3, -0.25) is 19.7 Å². The van der Waals surface area contributed by atoms with Crippen molar-refractivity contribution in [2.24, 2.45) is 17.8 Å². The zero-order valence-electron chi connectivity index (χ0n) is 16.9. The minimum atomic E-state index is -1.24. The van der Waals surface area contributed by atoms with Crippen LogP contribution in [0.4, 0.5) is 11.4 Å². The van der Waals surface area contributed by atoms with Crippen molar-refractivity contribution in [2.75, 3.05) is 10.2 Å². The van der Waals surface area contributed by atoms with Crippen molar-refractivity contribution < 1.29 is 14.4 Å². The fourth-order valence-corrected chi connectivity index (χ4v) is 5.96. The molecule has 7 heteroatoms. The first-order valence-electron chi connectivity index (χ1n) is 10.1. The molecule has 5 rings (SSSR count). The van der Waals surface area contributed by atoms with Crippen LogP contribution in [0.3, 0.4) is 0 Å². The second-order valence-corrected chi connectivity index (χ2v) is 9.55. The SMILES string of the molecule is Cc1ccc(N2C(=O)[C@H]3[C@@H](C2=O)[C@@]2(N[C@H]3C(C)C)C(=O)Nc3ccccc32)c(Br)c1. The number of rotatable bonds is 2. The lowest BCUT2D eigenvalue weighted by Crippen LogP contribution is -2.54. The number of hydrogen-bond acceptors (Lipinski definition) is 4. The van der Waals surface area contributed by atoms with E-state index in [1.807, 2.05) is 57.2 Å². The highest BCUT2D eigenvalue weighted by atomic mass is 79.9. The molecule has 2 saturated heterocycles. The molecular formula is C23H22BrN3O3. The van der Waals surface area contributed by atoms with E-state index in [0.29, 0.717) is 15.8 Å². The molecule has 2 aromatic rings. The number of anilines is 2. The van der Waals surface area contributed by atoms with Crippen molar-refractivity contribution in [3.8, 4) is 0 Å². The number of nitrogens with zero attached hydrogens (tertiary/aromatic N) is 1. The quantitative estimate of drug-likeness (QED) is 0.663. The van der Waals surface area contributed by atoms with Crippen LogP contribution in [0.25, 0.3) is 0 Å². The topological polar surface area (TPSA) is 78.5 Å². The van der Waals surface area contributed by atoms with Gasteiger partial charge in [-0.05, 0) is 52.5 Å². The number of carbonyl (C=O) groups excluding carboxylic acids is 3. The van der Waals surface area contributed by atoms with Crippen LogP contribution in [0.2, 0.25) is 0 Å². The Morgan fingerprint density at radius 3 is 2.50 bits per heavy atom. The highest BCUT2D eigenvalue weighted by molar-refractivity contribution is 9.10. The molecule has 3 aliphatic heterocycles. The highest BCUT2D eigenvalue weighted by Crippen LogP contribution is 2.54. The summed E-state index contributed by atoms with van der Waals surface area (Å²) in [5, 5.41) is 6.36. The van der Waals surface area contributed by atoms with Crippen LogP contribution in [-0.4, -0.2) is 23.8 Å². The minimum absolute atomic E-state index is 0.0654. The Labute approximate surface area is 183 Å². The van der Waals surface area contributed by atoms with Crippen LogP contribution in [-0.2, 0) is 19.9 Å². The third kappa shape index (κ3) is 2.36. The molecule has 154 valence electrons. The standard InChI is InChI=1S/C23H22BrN3O3/c1-11(2)19-17-18(23(26-19)13-6-4-5-7-15(13)25-22(23)30)21(29)27(20(17)28)16-9-8-12(3)10-14(16)24/h4-11,17-19,26H,1-3H3,(H,25,30)/t17-,18-,19-,23+/m0/s1. The van der Waals surface area contributed by atoms with Gasteiger partial charge in [0.2, 0.25) is 17.7 Å². The van der Waals surface area contributed by atoms with E-state index in [-0.39, 0.29) is 29.7 Å². The summed E-state index contributed by atoms with van der Waals surface area (Å²) in [4.78, 5) is 42.0. The summed E-state index contributed by atoms with van der Waals surface area (Å²) in [5.74, 6) is -2.20. The fourth-order valence-electron chi connectivity index (χ4n) is 5.29. The molecule has 1 spiro atoms. The average molecular weight is 468 g/mol. The van der Waals surface area contributed by atoms with Gasteiger partial charge >= 0.3 is 0 Å². The third-order valence-electron chi connectivity index (χ3n) is 6.62. The van der Waals surface area contributed by atoms with Crippen molar-refractivity contribution in [1.29, 1.82) is 0 Å². The Kier molecular flexibility index (Phi) is 4.21. The maximum absolute atomic E-state index is 13.8. The number of carbonyl (C=O) groups is 3. The molecule has 3 amide bonds. The van der Waals surface area contributed by atoms with Crippen molar-refractivity contribution in [3.63, 3.8) is 0 Å². The predicted octanol–water partition coefficient (Wildman–Crippen LogP) is 3.34. The zero-order valence-corrected chi connectivity index (χ0v) is 18.5. The van der Waals surface area contributed by atoms with Crippen LogP contribution >= 0.6 is 15.9 Å². The van der Waals surface area contributed by atoms with Gasteiger partial charge in [-0.25, -0.2) is 4.90 Å². The summed E-state index contributed by atoms with van der Waals surface area (Å²) in [7, 11) is 0. The monoisotopic (exact) mass is 467 g/mol. The van der Waals surface area contributed by atoms with Gasteiger partial charge in [0.05, 0.1) is 17.5 Å². The average Bonchev–Trinajstić information content (AvgIpc) is 3.28. The van der Waals surface area contributed by atoms with Gasteiger partial charge < -0.3 is 5.32 Å². The molecule has 2 fully saturated rings. The van der Waals surface area contributed by atoms with Crippen LogP contribution < -0.4 is 15.5 Å². The maximum Gasteiger partial charge on any atom is 0.250 e. The van der Waals surface area contributed by atoms with Crippen molar-refractivity contribution >= 4 is 45.0 Å². The van der Waals surface area contributed by atoms with E-state index >= 15 is 0 Å². The normalized spacial score (nSPS) is 29.7. The van der Waals surface area contributed by atoms with E-state index in [4.69, 9.17) is 0 Å². The molecule has 4 atom stereocenters. The van der Waals surface area contributed by atoms with Gasteiger partial charge in [0.15, 0.2) is 0 Å². The number of para-hydroxylation sites is 1. The second-order valence-electron chi connectivity index (χ2n) is 8.69. The molecule has 0 radical (unpaired) electrons. The van der Waals surface area contributed by atoms with E-state index < -0.39 is 17.4 Å². The minimum Gasteiger partial charge on any atom is -0.324 e. The number of nitrogens with one attached hydrogen (secondary N) is 2. The van der Waals surface area contributed by atoms with Gasteiger partial charge in [-0.15, -0.1) is 0 Å². The Balaban J connectivity index is 1.70. The van der Waals surface area contributed by atoms with Gasteiger partial charge in [-0.1, -0.05) is 38.1 Å². The van der Waals surface area contributed by atoms with E-state index in [1.54, 1.807) is 6.07 Å². The lowest BCUT2D eigenvalue weighted by atomic mass is 9.76. The summed E-state index contributed by atoms with van der Waals surface area (Å²) >= 11 is 3.51.